The van der Waals surface area contributed by atoms with Crippen molar-refractivity contribution in [2.75, 3.05) is 19.6 Å². The lowest BCUT2D eigenvalue weighted by atomic mass is 10.0. The average Bonchev–Trinajstić information content (AvgIpc) is 2.42. The molecule has 0 unspecified atom stereocenters. The molecule has 15 heavy (non-hydrogen) atoms. The maximum absolute atomic E-state index is 11.7. The van der Waals surface area contributed by atoms with Gasteiger partial charge >= 0.3 is 0 Å². The molecule has 1 aliphatic heterocycles. The van der Waals surface area contributed by atoms with Crippen LogP contribution in [0.3, 0.4) is 0 Å². The van der Waals surface area contributed by atoms with E-state index in [1.54, 1.807) is 0 Å². The van der Waals surface area contributed by atoms with Crippen LogP contribution in [0.2, 0.25) is 0 Å². The van der Waals surface area contributed by atoms with Crippen molar-refractivity contribution in [2.24, 2.45) is 5.92 Å². The summed E-state index contributed by atoms with van der Waals surface area (Å²) in [6, 6.07) is 1.87. The van der Waals surface area contributed by atoms with Gasteiger partial charge in [0.15, 0.2) is 5.76 Å². The van der Waals surface area contributed by atoms with Gasteiger partial charge in [0.05, 0.1) is 0 Å². The van der Waals surface area contributed by atoms with Crippen molar-refractivity contribution in [3.05, 3.63) is 23.2 Å². The molecule has 1 saturated heterocycles. The van der Waals surface area contributed by atoms with Gasteiger partial charge in [-0.2, -0.15) is 0 Å². The second-order valence-electron chi connectivity index (χ2n) is 4.10. The number of rotatable bonds is 3. The molecule has 82 valence electrons. The van der Waals surface area contributed by atoms with Crippen molar-refractivity contribution in [3.8, 4) is 0 Å². The van der Waals surface area contributed by atoms with E-state index in [0.717, 1.165) is 31.0 Å². The summed E-state index contributed by atoms with van der Waals surface area (Å²) in [6.45, 7) is 6.45. The van der Waals surface area contributed by atoms with Gasteiger partial charge in [0, 0.05) is 31.1 Å². The summed E-state index contributed by atoms with van der Waals surface area (Å²) in [7, 11) is 0. The standard InChI is InChI=1S/C11H16N2O2/c1-7-3-8(2)15-10(7)11(14)13-6-9-4-12-5-9/h3,9,12H,4-6H2,1-2H3,(H,13,14). The highest BCUT2D eigenvalue weighted by atomic mass is 16.3. The highest BCUT2D eigenvalue weighted by molar-refractivity contribution is 5.92. The smallest absolute Gasteiger partial charge is 0.287 e. The quantitative estimate of drug-likeness (QED) is 0.774. The second-order valence-corrected chi connectivity index (χ2v) is 4.10. The molecule has 1 amide bonds. The number of hydrogen-bond donors (Lipinski definition) is 2. The first kappa shape index (κ1) is 10.2. The second kappa shape index (κ2) is 4.06. The van der Waals surface area contributed by atoms with E-state index < -0.39 is 0 Å². The Kier molecular flexibility index (Phi) is 2.77. The molecule has 1 fully saturated rings. The lowest BCUT2D eigenvalue weighted by Gasteiger charge is -2.26. The lowest BCUT2D eigenvalue weighted by Crippen LogP contribution is -2.48. The van der Waals surface area contributed by atoms with E-state index >= 15 is 0 Å². The molecule has 2 N–H and O–H groups in total. The molecule has 4 heteroatoms. The molecule has 0 aliphatic carbocycles. The molecule has 0 radical (unpaired) electrons. The van der Waals surface area contributed by atoms with Gasteiger partial charge < -0.3 is 15.1 Å². The first-order chi connectivity index (χ1) is 7.16. The van der Waals surface area contributed by atoms with E-state index in [4.69, 9.17) is 4.42 Å². The minimum Gasteiger partial charge on any atom is -0.456 e. The fraction of sp³-hybridized carbons (Fsp3) is 0.545. The highest BCUT2D eigenvalue weighted by Gasteiger charge is 2.19. The SMILES string of the molecule is Cc1cc(C)c(C(=O)NCC2CNC2)o1. The topological polar surface area (TPSA) is 54.3 Å². The van der Waals surface area contributed by atoms with E-state index in [9.17, 15) is 4.79 Å². The average molecular weight is 208 g/mol. The van der Waals surface area contributed by atoms with Crippen LogP contribution in [-0.4, -0.2) is 25.5 Å². The van der Waals surface area contributed by atoms with Crippen LogP contribution in [0.1, 0.15) is 21.9 Å². The Balaban J connectivity index is 1.92. The van der Waals surface area contributed by atoms with Gasteiger partial charge in [0.25, 0.3) is 5.91 Å². The van der Waals surface area contributed by atoms with Crippen molar-refractivity contribution < 1.29 is 9.21 Å². The molecule has 0 atom stereocenters. The zero-order chi connectivity index (χ0) is 10.8. The molecule has 1 aromatic rings. The van der Waals surface area contributed by atoms with Crippen LogP contribution in [0.15, 0.2) is 10.5 Å². The van der Waals surface area contributed by atoms with Crippen LogP contribution in [0, 0.1) is 19.8 Å². The number of amides is 1. The summed E-state index contributed by atoms with van der Waals surface area (Å²) in [6.07, 6.45) is 0. The minimum absolute atomic E-state index is 0.104. The molecule has 2 rings (SSSR count). The monoisotopic (exact) mass is 208 g/mol. The maximum atomic E-state index is 11.7. The predicted octanol–water partition coefficient (Wildman–Crippen LogP) is 0.846. The van der Waals surface area contributed by atoms with E-state index in [0.29, 0.717) is 11.7 Å². The van der Waals surface area contributed by atoms with Crippen molar-refractivity contribution in [3.63, 3.8) is 0 Å². The third kappa shape index (κ3) is 2.21. The molecule has 4 nitrogen and oxygen atoms in total. The molecule has 0 saturated carbocycles. The Morgan fingerprint density at radius 1 is 1.60 bits per heavy atom. The van der Waals surface area contributed by atoms with Gasteiger partial charge in [0.1, 0.15) is 5.76 Å². The molecule has 1 aromatic heterocycles. The van der Waals surface area contributed by atoms with Gasteiger partial charge in [-0.3, -0.25) is 4.79 Å². The summed E-state index contributed by atoms with van der Waals surface area (Å²) in [5.41, 5.74) is 0.900. The molecule has 0 bridgehead atoms. The number of nitrogens with one attached hydrogen (secondary N) is 2. The van der Waals surface area contributed by atoms with Crippen molar-refractivity contribution in [1.29, 1.82) is 0 Å². The van der Waals surface area contributed by atoms with E-state index in [1.807, 2.05) is 19.9 Å². The van der Waals surface area contributed by atoms with Crippen molar-refractivity contribution in [1.82, 2.24) is 10.6 Å². The third-order valence-corrected chi connectivity index (χ3v) is 2.66. The van der Waals surface area contributed by atoms with Gasteiger partial charge in [-0.1, -0.05) is 0 Å². The van der Waals surface area contributed by atoms with Crippen LogP contribution in [0.4, 0.5) is 0 Å². The van der Waals surface area contributed by atoms with Crippen LogP contribution >= 0.6 is 0 Å². The van der Waals surface area contributed by atoms with Crippen molar-refractivity contribution >= 4 is 5.91 Å². The lowest BCUT2D eigenvalue weighted by molar-refractivity contribution is 0.0912. The normalized spacial score (nSPS) is 16.1. The number of hydrogen-bond acceptors (Lipinski definition) is 3. The Morgan fingerprint density at radius 2 is 2.33 bits per heavy atom. The Hall–Kier alpha value is -1.29. The van der Waals surface area contributed by atoms with Crippen LogP contribution in [-0.2, 0) is 0 Å². The van der Waals surface area contributed by atoms with Crippen LogP contribution < -0.4 is 10.6 Å². The minimum atomic E-state index is -0.104. The zero-order valence-electron chi connectivity index (χ0n) is 9.09. The van der Waals surface area contributed by atoms with Gasteiger partial charge in [-0.05, 0) is 19.9 Å². The fourth-order valence-electron chi connectivity index (χ4n) is 1.68. The molecule has 1 aliphatic rings. The fourth-order valence-corrected chi connectivity index (χ4v) is 1.68. The number of carbonyl (C=O) groups excluding carboxylic acids is 1. The summed E-state index contributed by atoms with van der Waals surface area (Å²) in [5.74, 6) is 1.69. The van der Waals surface area contributed by atoms with Crippen LogP contribution in [0.25, 0.3) is 0 Å². The summed E-state index contributed by atoms with van der Waals surface area (Å²) < 4.78 is 5.33. The number of furan rings is 1. The Bertz CT molecular complexity index is 367. The Morgan fingerprint density at radius 3 is 2.80 bits per heavy atom. The first-order valence-electron chi connectivity index (χ1n) is 5.23. The predicted molar refractivity (Wildman–Crippen MR) is 56.9 cm³/mol. The van der Waals surface area contributed by atoms with Gasteiger partial charge in [-0.25, -0.2) is 0 Å². The molecule has 0 aromatic carbocycles. The third-order valence-electron chi connectivity index (χ3n) is 2.66. The largest absolute Gasteiger partial charge is 0.456 e. The molecular formula is C11H16N2O2. The first-order valence-corrected chi connectivity index (χ1v) is 5.23. The van der Waals surface area contributed by atoms with Crippen molar-refractivity contribution in [2.45, 2.75) is 13.8 Å². The summed E-state index contributed by atoms with van der Waals surface area (Å²) >= 11 is 0. The Labute approximate surface area is 89.0 Å². The maximum Gasteiger partial charge on any atom is 0.287 e. The summed E-state index contributed by atoms with van der Waals surface area (Å²) in [5, 5.41) is 6.05. The zero-order valence-corrected chi connectivity index (χ0v) is 9.09. The van der Waals surface area contributed by atoms with E-state index in [-0.39, 0.29) is 5.91 Å². The van der Waals surface area contributed by atoms with E-state index in [1.165, 1.54) is 0 Å². The molecule has 0 spiro atoms. The summed E-state index contributed by atoms with van der Waals surface area (Å²) in [4.78, 5) is 11.7. The number of carbonyl (C=O) groups is 1. The molecule has 2 heterocycles. The molecular weight excluding hydrogens is 192 g/mol. The van der Waals surface area contributed by atoms with Crippen LogP contribution in [0.5, 0.6) is 0 Å². The number of aryl methyl sites for hydroxylation is 2. The highest BCUT2D eigenvalue weighted by Crippen LogP contribution is 2.13. The van der Waals surface area contributed by atoms with Gasteiger partial charge in [-0.15, -0.1) is 0 Å². The van der Waals surface area contributed by atoms with Gasteiger partial charge in [0.2, 0.25) is 0 Å². The van der Waals surface area contributed by atoms with E-state index in [2.05, 4.69) is 10.6 Å².